The minimum atomic E-state index is 0.785. The molecule has 132 valence electrons. The summed E-state index contributed by atoms with van der Waals surface area (Å²) in [5, 5.41) is 5.65. The molecule has 0 aliphatic carbocycles. The lowest BCUT2D eigenvalue weighted by Crippen LogP contribution is -1.91. The van der Waals surface area contributed by atoms with Gasteiger partial charge in [0.05, 0.1) is 21.6 Å². The van der Waals surface area contributed by atoms with Crippen LogP contribution in [-0.4, -0.2) is 4.40 Å². The second-order valence-electron chi connectivity index (χ2n) is 7.12. The van der Waals surface area contributed by atoms with Crippen LogP contribution in [0.5, 0.6) is 0 Å². The van der Waals surface area contributed by atoms with Crippen LogP contribution in [0.1, 0.15) is 0 Å². The predicted molar refractivity (Wildman–Crippen MR) is 120 cm³/mol. The zero-order valence-corrected chi connectivity index (χ0v) is 15.8. The molecule has 0 aliphatic rings. The Morgan fingerprint density at radius 3 is 2.00 bits per heavy atom. The maximum atomic E-state index is 6.77. The van der Waals surface area contributed by atoms with Gasteiger partial charge in [-0.15, -0.1) is 0 Å². The van der Waals surface area contributed by atoms with Gasteiger partial charge in [-0.25, -0.2) is 0 Å². The highest BCUT2D eigenvalue weighted by Crippen LogP contribution is 2.44. The molecule has 6 rings (SSSR count). The number of nitrogens with zero attached hydrogens (tertiary/aromatic N) is 1. The molecule has 4 aromatic carbocycles. The van der Waals surface area contributed by atoms with E-state index in [9.17, 15) is 0 Å². The highest BCUT2D eigenvalue weighted by Gasteiger charge is 2.20. The smallest absolute Gasteiger partial charge is 0.0626 e. The molecule has 0 unspecified atom stereocenters. The molecule has 0 atom stereocenters. The molecule has 2 heterocycles. The topological polar surface area (TPSA) is 4.41 Å². The fourth-order valence-corrected chi connectivity index (χ4v) is 4.77. The number of rotatable bonds is 1. The fraction of sp³-hybridized carbons (Fsp3) is 0. The van der Waals surface area contributed by atoms with Gasteiger partial charge >= 0.3 is 0 Å². The first-order valence-electron chi connectivity index (χ1n) is 9.42. The Morgan fingerprint density at radius 1 is 0.536 bits per heavy atom. The molecule has 0 bridgehead atoms. The Kier molecular flexibility index (Phi) is 3.29. The van der Waals surface area contributed by atoms with Gasteiger partial charge < -0.3 is 4.40 Å². The molecule has 0 amide bonds. The van der Waals surface area contributed by atoms with Crippen molar-refractivity contribution >= 4 is 49.7 Å². The number of aromatic nitrogens is 1. The maximum absolute atomic E-state index is 6.77. The van der Waals surface area contributed by atoms with Crippen LogP contribution in [0.3, 0.4) is 0 Å². The summed E-state index contributed by atoms with van der Waals surface area (Å²) in [7, 11) is 0. The first kappa shape index (κ1) is 15.7. The number of hydrogen-bond acceptors (Lipinski definition) is 0. The van der Waals surface area contributed by atoms with Crippen LogP contribution in [0.25, 0.3) is 49.2 Å². The third-order valence-corrected chi connectivity index (χ3v) is 5.94. The van der Waals surface area contributed by atoms with Crippen LogP contribution in [0.15, 0.2) is 97.1 Å². The van der Waals surface area contributed by atoms with E-state index in [1.165, 1.54) is 38.3 Å². The Morgan fingerprint density at radius 2 is 1.18 bits per heavy atom. The van der Waals surface area contributed by atoms with Crippen molar-refractivity contribution in [2.24, 2.45) is 0 Å². The number of hydrogen-bond donors (Lipinski definition) is 0. The SMILES string of the molecule is Clc1cccc2c1c(-c1ccccc1)c1c3ccccc3c3ccccc3n21. The number of halogens is 1. The summed E-state index contributed by atoms with van der Waals surface area (Å²) in [6.07, 6.45) is 0. The molecular weight excluding hydrogens is 362 g/mol. The molecule has 28 heavy (non-hydrogen) atoms. The van der Waals surface area contributed by atoms with Gasteiger partial charge in [0.25, 0.3) is 0 Å². The molecule has 2 aromatic heterocycles. The van der Waals surface area contributed by atoms with Crippen molar-refractivity contribution < 1.29 is 0 Å². The lowest BCUT2D eigenvalue weighted by Gasteiger charge is -2.11. The van der Waals surface area contributed by atoms with Gasteiger partial charge in [0.1, 0.15) is 0 Å². The third-order valence-electron chi connectivity index (χ3n) is 5.62. The van der Waals surface area contributed by atoms with E-state index in [1.807, 2.05) is 12.1 Å². The highest BCUT2D eigenvalue weighted by molar-refractivity contribution is 6.38. The summed E-state index contributed by atoms with van der Waals surface area (Å²) in [5.74, 6) is 0. The Labute approximate surface area is 167 Å². The summed E-state index contributed by atoms with van der Waals surface area (Å²) in [5.41, 5.74) is 5.93. The third kappa shape index (κ3) is 2.02. The minimum Gasteiger partial charge on any atom is -0.308 e. The van der Waals surface area contributed by atoms with E-state index in [2.05, 4.69) is 89.3 Å². The van der Waals surface area contributed by atoms with Gasteiger partial charge in [0.2, 0.25) is 0 Å². The standard InChI is InChI=1S/C26H16ClN/c27-21-14-8-16-23-25(21)24(17-9-2-1-3-10-17)26-20-13-5-4-11-18(20)19-12-6-7-15-22(19)28(23)26/h1-16H. The molecule has 1 nitrogen and oxygen atoms in total. The van der Waals surface area contributed by atoms with Gasteiger partial charge in [-0.05, 0) is 29.1 Å². The summed E-state index contributed by atoms with van der Waals surface area (Å²) in [6.45, 7) is 0. The van der Waals surface area contributed by atoms with E-state index in [0.717, 1.165) is 15.9 Å². The average Bonchev–Trinajstić information content (AvgIpc) is 3.12. The van der Waals surface area contributed by atoms with Crippen LogP contribution in [0.4, 0.5) is 0 Å². The normalized spacial score (nSPS) is 11.8. The van der Waals surface area contributed by atoms with Gasteiger partial charge in [-0.2, -0.15) is 0 Å². The van der Waals surface area contributed by atoms with Gasteiger partial charge in [0.15, 0.2) is 0 Å². The van der Waals surface area contributed by atoms with Gasteiger partial charge in [-0.1, -0.05) is 90.5 Å². The molecule has 0 aliphatic heterocycles. The van der Waals surface area contributed by atoms with Gasteiger partial charge in [-0.3, -0.25) is 0 Å². The maximum Gasteiger partial charge on any atom is 0.0626 e. The lowest BCUT2D eigenvalue weighted by molar-refractivity contribution is 1.35. The van der Waals surface area contributed by atoms with Crippen molar-refractivity contribution in [3.63, 3.8) is 0 Å². The first-order chi connectivity index (χ1) is 13.8. The number of benzene rings is 4. The number of pyridine rings is 1. The number of para-hydroxylation sites is 1. The zero-order valence-electron chi connectivity index (χ0n) is 15.1. The monoisotopic (exact) mass is 377 g/mol. The second-order valence-corrected chi connectivity index (χ2v) is 7.53. The summed E-state index contributed by atoms with van der Waals surface area (Å²) in [4.78, 5) is 0. The summed E-state index contributed by atoms with van der Waals surface area (Å²) >= 11 is 6.77. The van der Waals surface area contributed by atoms with Crippen LogP contribution < -0.4 is 0 Å². The van der Waals surface area contributed by atoms with Crippen molar-refractivity contribution in [1.29, 1.82) is 0 Å². The van der Waals surface area contributed by atoms with E-state index >= 15 is 0 Å². The van der Waals surface area contributed by atoms with E-state index in [1.54, 1.807) is 0 Å². The Balaban J connectivity index is 2.04. The minimum absolute atomic E-state index is 0.785. The molecule has 0 radical (unpaired) electrons. The highest BCUT2D eigenvalue weighted by atomic mass is 35.5. The predicted octanol–water partition coefficient (Wildman–Crippen LogP) is 7.72. The second kappa shape index (κ2) is 5.85. The molecule has 0 N–H and O–H groups in total. The number of fused-ring (bicyclic) bond motifs is 8. The van der Waals surface area contributed by atoms with E-state index in [0.29, 0.717) is 0 Å². The fourth-order valence-electron chi connectivity index (χ4n) is 4.51. The summed E-state index contributed by atoms with van der Waals surface area (Å²) < 4.78 is 2.38. The quantitative estimate of drug-likeness (QED) is 0.258. The van der Waals surface area contributed by atoms with Crippen molar-refractivity contribution in [2.75, 3.05) is 0 Å². The van der Waals surface area contributed by atoms with Crippen molar-refractivity contribution in [2.45, 2.75) is 0 Å². The van der Waals surface area contributed by atoms with Crippen molar-refractivity contribution in [3.05, 3.63) is 102 Å². The zero-order chi connectivity index (χ0) is 18.7. The van der Waals surface area contributed by atoms with Gasteiger partial charge in [0, 0.05) is 21.7 Å². The van der Waals surface area contributed by atoms with Crippen LogP contribution in [-0.2, 0) is 0 Å². The summed E-state index contributed by atoms with van der Waals surface area (Å²) in [6, 6.07) is 34.0. The van der Waals surface area contributed by atoms with E-state index in [-0.39, 0.29) is 0 Å². The van der Waals surface area contributed by atoms with Crippen molar-refractivity contribution in [1.82, 2.24) is 4.40 Å². The Bertz CT molecular complexity index is 1510. The first-order valence-corrected chi connectivity index (χ1v) is 9.80. The van der Waals surface area contributed by atoms with Crippen molar-refractivity contribution in [3.8, 4) is 11.1 Å². The molecular formula is C26H16ClN. The lowest BCUT2D eigenvalue weighted by atomic mass is 9.99. The molecule has 0 saturated carbocycles. The molecule has 0 saturated heterocycles. The molecule has 2 heteroatoms. The van der Waals surface area contributed by atoms with E-state index in [4.69, 9.17) is 11.6 Å². The Hall–Kier alpha value is -3.29. The average molecular weight is 378 g/mol. The van der Waals surface area contributed by atoms with Crippen LogP contribution >= 0.6 is 11.6 Å². The molecule has 6 aromatic rings. The molecule has 0 spiro atoms. The van der Waals surface area contributed by atoms with Crippen LogP contribution in [0.2, 0.25) is 5.02 Å². The largest absolute Gasteiger partial charge is 0.308 e. The van der Waals surface area contributed by atoms with E-state index < -0.39 is 0 Å². The van der Waals surface area contributed by atoms with Crippen LogP contribution in [0, 0.1) is 0 Å². The molecule has 0 fully saturated rings.